The van der Waals surface area contributed by atoms with Crippen LogP contribution >= 0.6 is 0 Å². The molecule has 1 aromatic rings. The number of aliphatic hydroxyl groups excluding tert-OH is 4. The number of hydrogen-bond acceptors (Lipinski definition) is 9. The van der Waals surface area contributed by atoms with Crippen molar-refractivity contribution >= 4 is 11.7 Å². The molecular formula is C32H44N2O8. The van der Waals surface area contributed by atoms with Gasteiger partial charge in [-0.2, -0.15) is 0 Å². The molecule has 1 aliphatic heterocycles. The summed E-state index contributed by atoms with van der Waals surface area (Å²) in [6.07, 6.45) is 7.89. The fourth-order valence-corrected chi connectivity index (χ4v) is 8.84. The number of carbonyl (C=O) groups excluding carboxylic acids is 1. The van der Waals surface area contributed by atoms with Crippen molar-refractivity contribution in [1.29, 1.82) is 0 Å². The van der Waals surface area contributed by atoms with Gasteiger partial charge in [-0.15, -0.1) is 0 Å². The summed E-state index contributed by atoms with van der Waals surface area (Å²) in [6.45, 7) is 4.26. The zero-order chi connectivity index (χ0) is 29.6. The fourth-order valence-electron chi connectivity index (χ4n) is 8.84. The summed E-state index contributed by atoms with van der Waals surface area (Å²) in [7, 11) is 0. The number of nitrogens with one attached hydrogen (secondary N) is 1. The lowest BCUT2D eigenvalue weighted by Gasteiger charge is -2.58. The smallest absolute Gasteiger partial charge is 0.411 e. The van der Waals surface area contributed by atoms with Crippen LogP contribution in [0, 0.1) is 28.6 Å². The second kappa shape index (κ2) is 11.6. The van der Waals surface area contributed by atoms with Crippen LogP contribution in [0.3, 0.4) is 0 Å². The predicted molar refractivity (Wildman–Crippen MR) is 152 cm³/mol. The van der Waals surface area contributed by atoms with E-state index < -0.39 is 43.4 Å². The number of carbonyl (C=O) groups is 1. The minimum atomic E-state index is -1.65. The topological polar surface area (TPSA) is 151 Å². The van der Waals surface area contributed by atoms with Crippen molar-refractivity contribution in [3.8, 4) is 0 Å². The van der Waals surface area contributed by atoms with Crippen molar-refractivity contribution in [2.24, 2.45) is 28.6 Å². The molecule has 1 aromatic heterocycles. The molecule has 0 aromatic carbocycles. The van der Waals surface area contributed by atoms with Crippen molar-refractivity contribution < 1.29 is 39.4 Å². The second-order valence-electron chi connectivity index (χ2n) is 13.3. The van der Waals surface area contributed by atoms with Gasteiger partial charge < -0.3 is 34.6 Å². The Morgan fingerprint density at radius 1 is 1.07 bits per heavy atom. The summed E-state index contributed by atoms with van der Waals surface area (Å²) < 4.78 is 16.3. The molecule has 11 atom stereocenters. The summed E-state index contributed by atoms with van der Waals surface area (Å²) in [5, 5.41) is 41.7. The first-order chi connectivity index (χ1) is 20.2. The SMILES string of the molecule is CC12CC[C@H](OCNC(=O)O[C@@H]3O[C@H](CO)[C@@H](O)[C@H](O)[C@H]3O)CC1=CCC1C2CCC2(C)C(c3cccnc3)=CC[C@@H]12. The number of pyridine rings is 1. The molecule has 5 aliphatic rings. The molecule has 2 heterocycles. The zero-order valence-electron chi connectivity index (χ0n) is 24.4. The van der Waals surface area contributed by atoms with Gasteiger partial charge in [0.05, 0.1) is 12.7 Å². The van der Waals surface area contributed by atoms with Crippen LogP contribution in [-0.2, 0) is 14.2 Å². The van der Waals surface area contributed by atoms with Crippen LogP contribution in [0.2, 0.25) is 0 Å². The van der Waals surface area contributed by atoms with E-state index in [1.165, 1.54) is 29.6 Å². The van der Waals surface area contributed by atoms with Gasteiger partial charge in [0.1, 0.15) is 31.1 Å². The Labute approximate surface area is 246 Å². The Balaban J connectivity index is 1.03. The van der Waals surface area contributed by atoms with Gasteiger partial charge in [0.25, 0.3) is 0 Å². The number of ether oxygens (including phenoxy) is 3. The summed E-state index contributed by atoms with van der Waals surface area (Å²) in [6, 6.07) is 4.23. The van der Waals surface area contributed by atoms with Gasteiger partial charge in [0.2, 0.25) is 6.29 Å². The number of amides is 1. The normalized spacial score (nSPS) is 42.9. The molecular weight excluding hydrogens is 540 g/mol. The lowest BCUT2D eigenvalue weighted by Crippen LogP contribution is -2.59. The maximum atomic E-state index is 12.3. The maximum Gasteiger partial charge on any atom is 0.411 e. The quantitative estimate of drug-likeness (QED) is 0.251. The lowest BCUT2D eigenvalue weighted by atomic mass is 9.47. The molecule has 2 saturated carbocycles. The van der Waals surface area contributed by atoms with Gasteiger partial charge in [-0.3, -0.25) is 10.3 Å². The summed E-state index contributed by atoms with van der Waals surface area (Å²) in [4.78, 5) is 16.7. The first-order valence-electron chi connectivity index (χ1n) is 15.3. The molecule has 1 amide bonds. The molecule has 1 saturated heterocycles. The Hall–Kier alpha value is -2.34. The minimum absolute atomic E-state index is 0.0207. The van der Waals surface area contributed by atoms with E-state index in [1.807, 2.05) is 18.5 Å². The van der Waals surface area contributed by atoms with Crippen LogP contribution in [0.4, 0.5) is 4.79 Å². The number of aromatic nitrogens is 1. The minimum Gasteiger partial charge on any atom is -0.417 e. The van der Waals surface area contributed by atoms with Gasteiger partial charge in [0, 0.05) is 12.4 Å². The second-order valence-corrected chi connectivity index (χ2v) is 13.3. The number of rotatable bonds is 6. The third kappa shape index (κ3) is 5.10. The van der Waals surface area contributed by atoms with Gasteiger partial charge >= 0.3 is 6.09 Å². The van der Waals surface area contributed by atoms with Crippen LogP contribution < -0.4 is 5.32 Å². The molecule has 6 rings (SSSR count). The fraction of sp³-hybridized carbons (Fsp3) is 0.688. The third-order valence-electron chi connectivity index (χ3n) is 11.2. The Morgan fingerprint density at radius 3 is 2.64 bits per heavy atom. The van der Waals surface area contributed by atoms with Crippen LogP contribution in [-0.4, -0.2) is 81.7 Å². The average Bonchev–Trinajstić information content (AvgIpc) is 3.35. The standard InChI is InChI=1S/C32H44N2O8/c1-31-11-9-20(40-17-34-30(39)42-29-28(38)27(37)26(36)25(16-35)41-29)14-19(31)5-6-21-23-8-7-22(18-4-3-13-33-15-18)32(23,2)12-10-24(21)31/h3-5,7,13,15,20-21,23-29,35-38H,6,8-12,14,16-17H2,1-2H3,(H,34,39)/t20-,21?,23-,24?,25+,26+,27-,28+,29-,31?,32?/m0/s1. The van der Waals surface area contributed by atoms with Crippen LogP contribution in [0.15, 0.2) is 42.3 Å². The van der Waals surface area contributed by atoms with Crippen molar-refractivity contribution in [2.75, 3.05) is 13.3 Å². The summed E-state index contributed by atoms with van der Waals surface area (Å²) in [5.74, 6) is 1.97. The Bertz CT molecular complexity index is 1210. The van der Waals surface area contributed by atoms with E-state index in [4.69, 9.17) is 14.2 Å². The van der Waals surface area contributed by atoms with E-state index in [1.54, 1.807) is 0 Å². The van der Waals surface area contributed by atoms with E-state index in [0.717, 1.165) is 32.1 Å². The van der Waals surface area contributed by atoms with Crippen LogP contribution in [0.5, 0.6) is 0 Å². The van der Waals surface area contributed by atoms with Gasteiger partial charge in [0.15, 0.2) is 0 Å². The average molecular weight is 585 g/mol. The highest BCUT2D eigenvalue weighted by Gasteiger charge is 2.57. The molecule has 4 aliphatic carbocycles. The van der Waals surface area contributed by atoms with Crippen LogP contribution in [0.1, 0.15) is 64.4 Å². The third-order valence-corrected chi connectivity index (χ3v) is 11.2. The molecule has 0 radical (unpaired) electrons. The van der Waals surface area contributed by atoms with Crippen molar-refractivity contribution in [3.05, 3.63) is 47.8 Å². The van der Waals surface area contributed by atoms with E-state index in [9.17, 15) is 25.2 Å². The largest absolute Gasteiger partial charge is 0.417 e. The first kappa shape index (κ1) is 29.7. The molecule has 0 bridgehead atoms. The monoisotopic (exact) mass is 584 g/mol. The zero-order valence-corrected chi connectivity index (χ0v) is 24.4. The number of allylic oxidation sites excluding steroid dienone is 3. The summed E-state index contributed by atoms with van der Waals surface area (Å²) in [5.41, 5.74) is 4.58. The number of aliphatic hydroxyl groups is 4. The number of alkyl carbamates (subject to hydrolysis) is 1. The van der Waals surface area contributed by atoms with E-state index >= 15 is 0 Å². The van der Waals surface area contributed by atoms with Crippen molar-refractivity contribution in [1.82, 2.24) is 10.3 Å². The van der Waals surface area contributed by atoms with Gasteiger partial charge in [-0.1, -0.05) is 37.6 Å². The number of fused-ring (bicyclic) bond motifs is 5. The Morgan fingerprint density at radius 2 is 1.88 bits per heavy atom. The van der Waals surface area contributed by atoms with E-state index in [0.29, 0.717) is 17.8 Å². The van der Waals surface area contributed by atoms with E-state index in [-0.39, 0.29) is 23.7 Å². The van der Waals surface area contributed by atoms with Crippen molar-refractivity contribution in [2.45, 2.75) is 95.6 Å². The van der Waals surface area contributed by atoms with Gasteiger partial charge in [-0.25, -0.2) is 4.79 Å². The molecule has 230 valence electrons. The molecule has 4 unspecified atom stereocenters. The Kier molecular flexibility index (Phi) is 8.23. The molecule has 42 heavy (non-hydrogen) atoms. The first-order valence-corrected chi connectivity index (χ1v) is 15.3. The predicted octanol–water partition coefficient (Wildman–Crippen LogP) is 2.91. The van der Waals surface area contributed by atoms with Gasteiger partial charge in [-0.05, 0) is 90.7 Å². The molecule has 0 spiro atoms. The lowest BCUT2D eigenvalue weighted by molar-refractivity contribution is -0.285. The number of hydrogen-bond donors (Lipinski definition) is 5. The molecule has 10 nitrogen and oxygen atoms in total. The highest BCUT2D eigenvalue weighted by atomic mass is 16.7. The highest BCUT2D eigenvalue weighted by molar-refractivity contribution is 5.72. The maximum absolute atomic E-state index is 12.3. The van der Waals surface area contributed by atoms with Crippen molar-refractivity contribution in [3.63, 3.8) is 0 Å². The molecule has 3 fully saturated rings. The van der Waals surface area contributed by atoms with Crippen LogP contribution in [0.25, 0.3) is 5.57 Å². The molecule has 10 heteroatoms. The summed E-state index contributed by atoms with van der Waals surface area (Å²) >= 11 is 0. The van der Waals surface area contributed by atoms with E-state index in [2.05, 4.69) is 42.4 Å². The highest BCUT2D eigenvalue weighted by Crippen LogP contribution is 2.66. The number of nitrogens with zero attached hydrogens (tertiary/aromatic N) is 1. The molecule has 5 N–H and O–H groups in total.